The number of nitriles is 1. The van der Waals surface area contributed by atoms with Crippen molar-refractivity contribution in [3.63, 3.8) is 0 Å². The number of carbonyl (C=O) groups is 1. The molecule has 4 nitrogen and oxygen atoms in total. The molecule has 0 aliphatic rings. The average molecular weight is 298 g/mol. The third kappa shape index (κ3) is 2.73. The van der Waals surface area contributed by atoms with E-state index >= 15 is 0 Å². The van der Waals surface area contributed by atoms with E-state index in [9.17, 15) is 4.79 Å². The number of halogens is 1. The van der Waals surface area contributed by atoms with Crippen LogP contribution in [0.25, 0.3) is 11.0 Å². The molecule has 0 N–H and O–H groups in total. The number of fused-ring (bicyclic) bond motifs is 1. The van der Waals surface area contributed by atoms with Crippen LogP contribution >= 0.6 is 11.6 Å². The summed E-state index contributed by atoms with van der Waals surface area (Å²) in [5.41, 5.74) is 1.05. The third-order valence-corrected chi connectivity index (χ3v) is 3.11. The largest absolute Gasteiger partial charge is 0.449 e. The van der Waals surface area contributed by atoms with Gasteiger partial charge in [0, 0.05) is 10.4 Å². The quantitative estimate of drug-likeness (QED) is 0.526. The second-order valence-corrected chi connectivity index (χ2v) is 4.75. The summed E-state index contributed by atoms with van der Waals surface area (Å²) >= 11 is 5.88. The minimum absolute atomic E-state index is 0.0941. The van der Waals surface area contributed by atoms with Crippen molar-refractivity contribution >= 4 is 28.5 Å². The van der Waals surface area contributed by atoms with E-state index < -0.39 is 5.97 Å². The maximum atomic E-state index is 12.0. The van der Waals surface area contributed by atoms with E-state index in [-0.39, 0.29) is 5.76 Å². The summed E-state index contributed by atoms with van der Waals surface area (Å²) in [7, 11) is 0. The number of esters is 1. The second-order valence-electron chi connectivity index (χ2n) is 4.32. The number of rotatable bonds is 2. The molecule has 0 spiro atoms. The van der Waals surface area contributed by atoms with E-state index in [1.807, 2.05) is 6.07 Å². The van der Waals surface area contributed by atoms with Crippen LogP contribution in [0.3, 0.4) is 0 Å². The fourth-order valence-electron chi connectivity index (χ4n) is 1.87. The first-order chi connectivity index (χ1) is 10.2. The molecule has 3 aromatic rings. The summed E-state index contributed by atoms with van der Waals surface area (Å²) in [5.74, 6) is -0.166. The fraction of sp³-hybridized carbons (Fsp3) is 0. The van der Waals surface area contributed by atoms with Crippen molar-refractivity contribution in [1.82, 2.24) is 0 Å². The molecule has 0 saturated carbocycles. The van der Waals surface area contributed by atoms with E-state index in [2.05, 4.69) is 0 Å². The van der Waals surface area contributed by atoms with E-state index in [0.29, 0.717) is 21.9 Å². The van der Waals surface area contributed by atoms with Gasteiger partial charge in [0.05, 0.1) is 11.6 Å². The van der Waals surface area contributed by atoms with Crippen LogP contribution in [0.5, 0.6) is 5.75 Å². The molecular weight excluding hydrogens is 290 g/mol. The van der Waals surface area contributed by atoms with Crippen LogP contribution in [-0.4, -0.2) is 5.97 Å². The lowest BCUT2D eigenvalue weighted by Gasteiger charge is -2.01. The maximum absolute atomic E-state index is 12.0. The zero-order valence-electron chi connectivity index (χ0n) is 10.7. The molecule has 0 unspecified atom stereocenters. The minimum Gasteiger partial charge on any atom is -0.449 e. The normalized spacial score (nSPS) is 10.3. The molecule has 3 rings (SSSR count). The SMILES string of the molecule is N#Cc1ccc(OC(=O)c2cc3cc(Cl)ccc3o2)cc1. The maximum Gasteiger partial charge on any atom is 0.379 e. The van der Waals surface area contributed by atoms with Gasteiger partial charge in [0.1, 0.15) is 11.3 Å². The summed E-state index contributed by atoms with van der Waals surface area (Å²) in [4.78, 5) is 12.0. The van der Waals surface area contributed by atoms with Gasteiger partial charge in [-0.05, 0) is 48.5 Å². The Morgan fingerprint density at radius 1 is 1.14 bits per heavy atom. The lowest BCUT2D eigenvalue weighted by molar-refractivity contribution is 0.0704. The van der Waals surface area contributed by atoms with Crippen molar-refractivity contribution in [3.8, 4) is 11.8 Å². The Labute approximate surface area is 125 Å². The van der Waals surface area contributed by atoms with Crippen molar-refractivity contribution in [2.24, 2.45) is 0 Å². The first kappa shape index (κ1) is 13.2. The standard InChI is InChI=1S/C16H8ClNO3/c17-12-3-6-14-11(7-12)8-15(21-14)16(19)20-13-4-1-10(9-18)2-5-13/h1-8H. The predicted octanol–water partition coefficient (Wildman–Crippen LogP) is 4.18. The topological polar surface area (TPSA) is 63.2 Å². The monoisotopic (exact) mass is 297 g/mol. The molecule has 5 heteroatoms. The smallest absolute Gasteiger partial charge is 0.379 e. The number of hydrogen-bond acceptors (Lipinski definition) is 4. The van der Waals surface area contributed by atoms with Crippen molar-refractivity contribution < 1.29 is 13.9 Å². The van der Waals surface area contributed by atoms with E-state index in [1.54, 1.807) is 48.5 Å². The number of carbonyl (C=O) groups excluding carboxylic acids is 1. The van der Waals surface area contributed by atoms with Gasteiger partial charge in [0.2, 0.25) is 5.76 Å². The van der Waals surface area contributed by atoms with Gasteiger partial charge in [-0.15, -0.1) is 0 Å². The van der Waals surface area contributed by atoms with Gasteiger partial charge in [0.15, 0.2) is 0 Å². The molecule has 0 aliphatic carbocycles. The molecule has 102 valence electrons. The van der Waals surface area contributed by atoms with Gasteiger partial charge in [0.25, 0.3) is 0 Å². The summed E-state index contributed by atoms with van der Waals surface area (Å²) in [6.07, 6.45) is 0. The highest BCUT2D eigenvalue weighted by molar-refractivity contribution is 6.31. The van der Waals surface area contributed by atoms with Gasteiger partial charge >= 0.3 is 5.97 Å². The first-order valence-corrected chi connectivity index (χ1v) is 6.45. The van der Waals surface area contributed by atoms with Crippen LogP contribution in [0.4, 0.5) is 0 Å². The Morgan fingerprint density at radius 3 is 2.62 bits per heavy atom. The lowest BCUT2D eigenvalue weighted by atomic mass is 10.2. The molecule has 21 heavy (non-hydrogen) atoms. The molecule has 0 aliphatic heterocycles. The summed E-state index contributed by atoms with van der Waals surface area (Å²) < 4.78 is 10.6. The van der Waals surface area contributed by atoms with E-state index in [1.165, 1.54) is 0 Å². The number of furan rings is 1. The Balaban J connectivity index is 1.84. The van der Waals surface area contributed by atoms with Crippen molar-refractivity contribution in [2.45, 2.75) is 0 Å². The number of hydrogen-bond donors (Lipinski definition) is 0. The summed E-state index contributed by atoms with van der Waals surface area (Å²) in [6.45, 7) is 0. The number of benzene rings is 2. The fourth-order valence-corrected chi connectivity index (χ4v) is 2.05. The zero-order chi connectivity index (χ0) is 14.8. The number of nitrogens with zero attached hydrogens (tertiary/aromatic N) is 1. The predicted molar refractivity (Wildman–Crippen MR) is 77.3 cm³/mol. The molecular formula is C16H8ClNO3. The Hall–Kier alpha value is -2.77. The molecule has 0 bridgehead atoms. The van der Waals surface area contributed by atoms with Crippen molar-refractivity contribution in [3.05, 3.63) is 64.9 Å². The highest BCUT2D eigenvalue weighted by Crippen LogP contribution is 2.24. The third-order valence-electron chi connectivity index (χ3n) is 2.87. The molecule has 2 aromatic carbocycles. The highest BCUT2D eigenvalue weighted by atomic mass is 35.5. The van der Waals surface area contributed by atoms with E-state index in [4.69, 9.17) is 26.0 Å². The van der Waals surface area contributed by atoms with Crippen LogP contribution in [0, 0.1) is 11.3 Å². The summed E-state index contributed by atoms with van der Waals surface area (Å²) in [5, 5.41) is 10.0. The average Bonchev–Trinajstić information content (AvgIpc) is 2.91. The molecule has 0 amide bonds. The van der Waals surface area contributed by atoms with Gasteiger partial charge in [-0.25, -0.2) is 4.79 Å². The van der Waals surface area contributed by atoms with Crippen LogP contribution in [0.15, 0.2) is 52.9 Å². The van der Waals surface area contributed by atoms with Crippen LogP contribution < -0.4 is 4.74 Å². The van der Waals surface area contributed by atoms with Gasteiger partial charge in [-0.1, -0.05) is 11.6 Å². The van der Waals surface area contributed by atoms with Crippen LogP contribution in [0.1, 0.15) is 16.1 Å². The zero-order valence-corrected chi connectivity index (χ0v) is 11.4. The number of ether oxygens (including phenoxy) is 1. The highest BCUT2D eigenvalue weighted by Gasteiger charge is 2.15. The lowest BCUT2D eigenvalue weighted by Crippen LogP contribution is -2.06. The molecule has 1 heterocycles. The van der Waals surface area contributed by atoms with Gasteiger partial charge < -0.3 is 9.15 Å². The van der Waals surface area contributed by atoms with Crippen LogP contribution in [-0.2, 0) is 0 Å². The molecule has 0 atom stereocenters. The molecule has 1 aromatic heterocycles. The first-order valence-electron chi connectivity index (χ1n) is 6.07. The molecule has 0 saturated heterocycles. The molecule has 0 radical (unpaired) electrons. The van der Waals surface area contributed by atoms with Crippen molar-refractivity contribution in [2.75, 3.05) is 0 Å². The van der Waals surface area contributed by atoms with Crippen molar-refractivity contribution in [1.29, 1.82) is 5.26 Å². The van der Waals surface area contributed by atoms with Crippen LogP contribution in [0.2, 0.25) is 5.02 Å². The molecule has 0 fully saturated rings. The van der Waals surface area contributed by atoms with Gasteiger partial charge in [-0.2, -0.15) is 5.26 Å². The Morgan fingerprint density at radius 2 is 1.90 bits per heavy atom. The van der Waals surface area contributed by atoms with Gasteiger partial charge in [-0.3, -0.25) is 0 Å². The summed E-state index contributed by atoms with van der Waals surface area (Å²) in [6, 6.07) is 14.9. The Bertz CT molecular complexity index is 859. The Kier molecular flexibility index (Phi) is 3.35. The minimum atomic E-state index is -0.605. The van der Waals surface area contributed by atoms with E-state index in [0.717, 1.165) is 5.39 Å². The second kappa shape index (κ2) is 5.31.